The third-order valence-electron chi connectivity index (χ3n) is 3.47. The van der Waals surface area contributed by atoms with E-state index in [0.717, 1.165) is 49.1 Å². The molecule has 2 atom stereocenters. The zero-order chi connectivity index (χ0) is 13.0. The normalized spacial score (nSPS) is 28.2. The molecule has 0 aromatic carbocycles. The molecule has 1 spiro atoms. The molecular weight excluding hydrogens is 268 g/mol. The van der Waals surface area contributed by atoms with Crippen LogP contribution in [0.15, 0.2) is 4.99 Å². The second kappa shape index (κ2) is 6.39. The largest absolute Gasteiger partial charge is 0.381 e. The zero-order valence-corrected chi connectivity index (χ0v) is 12.7. The molecule has 0 aliphatic carbocycles. The molecule has 2 saturated heterocycles. The molecule has 0 aromatic rings. The highest BCUT2D eigenvalue weighted by molar-refractivity contribution is 8.14. The van der Waals surface area contributed by atoms with Crippen molar-refractivity contribution in [2.24, 2.45) is 4.99 Å². The fourth-order valence-corrected chi connectivity index (χ4v) is 4.20. The molecule has 0 radical (unpaired) electrons. The maximum Gasteiger partial charge on any atom is 0.157 e. The predicted molar refractivity (Wildman–Crippen MR) is 78.8 cm³/mol. The topological polar surface area (TPSA) is 50.7 Å². The maximum atomic E-state index is 11.1. The van der Waals surface area contributed by atoms with E-state index in [1.54, 1.807) is 6.26 Å². The van der Waals surface area contributed by atoms with Gasteiger partial charge in [0.15, 0.2) is 5.17 Å². The van der Waals surface area contributed by atoms with Crippen molar-refractivity contribution in [2.45, 2.75) is 37.8 Å². The Labute approximate surface area is 116 Å². The summed E-state index contributed by atoms with van der Waals surface area (Å²) in [5, 5.41) is 4.64. The van der Waals surface area contributed by atoms with Crippen LogP contribution in [0.2, 0.25) is 0 Å². The minimum absolute atomic E-state index is 0.217. The van der Waals surface area contributed by atoms with Gasteiger partial charge >= 0.3 is 0 Å². The molecule has 2 heterocycles. The molecule has 18 heavy (non-hydrogen) atoms. The summed E-state index contributed by atoms with van der Waals surface area (Å²) in [5.41, 5.74) is 0.217. The highest BCUT2D eigenvalue weighted by Gasteiger charge is 2.38. The number of amidine groups is 1. The van der Waals surface area contributed by atoms with Crippen molar-refractivity contribution in [1.29, 1.82) is 0 Å². The van der Waals surface area contributed by atoms with E-state index in [9.17, 15) is 4.21 Å². The number of nitrogens with zero attached hydrogens (tertiary/aromatic N) is 1. The monoisotopic (exact) mass is 290 g/mol. The highest BCUT2D eigenvalue weighted by atomic mass is 32.2. The number of aliphatic imine (C=N–C) groups is 1. The summed E-state index contributed by atoms with van der Waals surface area (Å²) < 4.78 is 16.5. The summed E-state index contributed by atoms with van der Waals surface area (Å²) in [6, 6.07) is 0.249. The van der Waals surface area contributed by atoms with E-state index in [1.807, 2.05) is 11.8 Å². The zero-order valence-electron chi connectivity index (χ0n) is 11.1. The van der Waals surface area contributed by atoms with Gasteiger partial charge in [-0.05, 0) is 26.2 Å². The molecule has 2 aliphatic heterocycles. The fourth-order valence-electron chi connectivity index (χ4n) is 2.21. The van der Waals surface area contributed by atoms with Gasteiger partial charge in [0.05, 0.1) is 11.6 Å². The van der Waals surface area contributed by atoms with Crippen molar-refractivity contribution < 1.29 is 8.95 Å². The molecule has 0 bridgehead atoms. The van der Waals surface area contributed by atoms with Gasteiger partial charge in [0.25, 0.3) is 0 Å². The standard InChI is InChI=1S/C12H22N2O2S2/c1-10(3-8-18(2)15)13-11-14-12(9-17-11)4-6-16-7-5-12/h10H,3-9H2,1-2H3,(H,13,14). The van der Waals surface area contributed by atoms with E-state index in [-0.39, 0.29) is 11.6 Å². The molecule has 2 aliphatic rings. The Kier molecular flexibility index (Phi) is 5.09. The van der Waals surface area contributed by atoms with Crippen molar-refractivity contribution in [3.63, 3.8) is 0 Å². The lowest BCUT2D eigenvalue weighted by Crippen LogP contribution is -2.48. The lowest BCUT2D eigenvalue weighted by atomic mass is 9.93. The molecule has 4 nitrogen and oxygen atoms in total. The van der Waals surface area contributed by atoms with E-state index < -0.39 is 10.8 Å². The number of thioether (sulfide) groups is 1. The van der Waals surface area contributed by atoms with Crippen molar-refractivity contribution in [2.75, 3.05) is 31.0 Å². The predicted octanol–water partition coefficient (Wildman–Crippen LogP) is 1.39. The van der Waals surface area contributed by atoms with Crippen LogP contribution in [0.4, 0.5) is 0 Å². The van der Waals surface area contributed by atoms with Crippen LogP contribution in [0.3, 0.4) is 0 Å². The molecule has 2 unspecified atom stereocenters. The lowest BCUT2D eigenvalue weighted by molar-refractivity contribution is 0.0555. The highest BCUT2D eigenvalue weighted by Crippen LogP contribution is 2.32. The third-order valence-corrected chi connectivity index (χ3v) is 5.46. The summed E-state index contributed by atoms with van der Waals surface area (Å²) in [6.45, 7) is 3.80. The fraction of sp³-hybridized carbons (Fsp3) is 0.917. The molecule has 0 amide bonds. The van der Waals surface area contributed by atoms with E-state index >= 15 is 0 Å². The molecule has 0 saturated carbocycles. The van der Waals surface area contributed by atoms with Gasteiger partial charge in [0.1, 0.15) is 0 Å². The lowest BCUT2D eigenvalue weighted by Gasteiger charge is -2.32. The number of ether oxygens (including phenoxy) is 1. The van der Waals surface area contributed by atoms with Crippen LogP contribution in [0.5, 0.6) is 0 Å². The smallest absolute Gasteiger partial charge is 0.157 e. The summed E-state index contributed by atoms with van der Waals surface area (Å²) >= 11 is 1.82. The Hall–Kier alpha value is -0.0700. The van der Waals surface area contributed by atoms with Crippen molar-refractivity contribution in [1.82, 2.24) is 5.32 Å². The Morgan fingerprint density at radius 1 is 1.56 bits per heavy atom. The van der Waals surface area contributed by atoms with Gasteiger partial charge in [-0.1, -0.05) is 11.8 Å². The van der Waals surface area contributed by atoms with Crippen LogP contribution in [0, 0.1) is 0 Å². The molecule has 2 rings (SSSR count). The Bertz CT molecular complexity index is 341. The minimum Gasteiger partial charge on any atom is -0.381 e. The SMILES string of the molecule is CC(CCS(C)=O)N=C1NC2(CCOCC2)CS1. The van der Waals surface area contributed by atoms with Gasteiger partial charge in [0.2, 0.25) is 0 Å². The van der Waals surface area contributed by atoms with Gasteiger partial charge in [-0.3, -0.25) is 9.20 Å². The quantitative estimate of drug-likeness (QED) is 0.850. The number of hydrogen-bond acceptors (Lipinski definition) is 4. The van der Waals surface area contributed by atoms with Crippen LogP contribution >= 0.6 is 11.8 Å². The van der Waals surface area contributed by atoms with Gasteiger partial charge in [-0.15, -0.1) is 0 Å². The van der Waals surface area contributed by atoms with Crippen LogP contribution < -0.4 is 5.32 Å². The van der Waals surface area contributed by atoms with Crippen molar-refractivity contribution in [3.8, 4) is 0 Å². The molecule has 104 valence electrons. The summed E-state index contributed by atoms with van der Waals surface area (Å²) in [7, 11) is -0.713. The average molecular weight is 290 g/mol. The van der Waals surface area contributed by atoms with Crippen LogP contribution in [-0.4, -0.2) is 51.9 Å². The molecule has 2 fully saturated rings. The molecule has 1 N–H and O–H groups in total. The van der Waals surface area contributed by atoms with E-state index in [4.69, 9.17) is 9.73 Å². The van der Waals surface area contributed by atoms with Crippen molar-refractivity contribution in [3.05, 3.63) is 0 Å². The Balaban J connectivity index is 1.85. The van der Waals surface area contributed by atoms with Gasteiger partial charge in [0, 0.05) is 41.8 Å². The first-order valence-electron chi connectivity index (χ1n) is 6.46. The molecule has 0 aromatic heterocycles. The van der Waals surface area contributed by atoms with Crippen molar-refractivity contribution >= 4 is 27.7 Å². The van der Waals surface area contributed by atoms with E-state index in [1.165, 1.54) is 0 Å². The maximum absolute atomic E-state index is 11.1. The van der Waals surface area contributed by atoms with Gasteiger partial charge in [-0.25, -0.2) is 0 Å². The van der Waals surface area contributed by atoms with E-state index in [0.29, 0.717) is 0 Å². The first kappa shape index (κ1) is 14.3. The first-order valence-corrected chi connectivity index (χ1v) is 9.17. The third kappa shape index (κ3) is 3.96. The number of rotatable bonds is 4. The molecule has 6 heteroatoms. The van der Waals surface area contributed by atoms with Gasteiger partial charge < -0.3 is 10.1 Å². The van der Waals surface area contributed by atoms with Crippen LogP contribution in [0.1, 0.15) is 26.2 Å². The number of hydrogen-bond donors (Lipinski definition) is 1. The van der Waals surface area contributed by atoms with Gasteiger partial charge in [-0.2, -0.15) is 0 Å². The summed E-state index contributed by atoms with van der Waals surface area (Å²) in [4.78, 5) is 4.69. The average Bonchev–Trinajstić information content (AvgIpc) is 2.70. The number of nitrogens with one attached hydrogen (secondary N) is 1. The van der Waals surface area contributed by atoms with Crippen LogP contribution in [-0.2, 0) is 15.5 Å². The minimum atomic E-state index is -0.713. The summed E-state index contributed by atoms with van der Waals surface area (Å²) in [6.07, 6.45) is 4.79. The second-order valence-electron chi connectivity index (χ2n) is 5.16. The molecular formula is C12H22N2O2S2. The summed E-state index contributed by atoms with van der Waals surface area (Å²) in [5.74, 6) is 1.84. The van der Waals surface area contributed by atoms with Crippen LogP contribution in [0.25, 0.3) is 0 Å². The second-order valence-corrected chi connectivity index (χ2v) is 7.67. The first-order chi connectivity index (χ1) is 8.60. The Morgan fingerprint density at radius 2 is 2.28 bits per heavy atom. The van der Waals surface area contributed by atoms with E-state index in [2.05, 4.69) is 12.2 Å². The Morgan fingerprint density at radius 3 is 2.94 bits per heavy atom.